The van der Waals surface area contributed by atoms with E-state index in [9.17, 15) is 22.0 Å². The van der Waals surface area contributed by atoms with Gasteiger partial charge in [0, 0.05) is 28.9 Å². The molecule has 0 saturated heterocycles. The van der Waals surface area contributed by atoms with Crippen molar-refractivity contribution in [1.82, 2.24) is 9.29 Å². The average Bonchev–Trinajstić information content (AvgIpc) is 2.75. The normalized spacial score (nSPS) is 18.0. The molecule has 0 amide bonds. The summed E-state index contributed by atoms with van der Waals surface area (Å²) in [6.07, 6.45) is 2.51. The predicted octanol–water partition coefficient (Wildman–Crippen LogP) is 4.14. The molecule has 3 aromatic rings. The molecule has 0 bridgehead atoms. The van der Waals surface area contributed by atoms with E-state index in [0.717, 1.165) is 24.1 Å². The molecule has 1 aromatic heterocycles. The first-order valence-electron chi connectivity index (χ1n) is 11.0. The molecular weight excluding hydrogens is 465 g/mol. The number of fused-ring (bicyclic) bond motifs is 1. The van der Waals surface area contributed by atoms with Gasteiger partial charge in [-0.1, -0.05) is 31.2 Å². The van der Waals surface area contributed by atoms with Crippen LogP contribution in [0.2, 0.25) is 0 Å². The second kappa shape index (κ2) is 9.38. The third-order valence-electron chi connectivity index (χ3n) is 6.22. The summed E-state index contributed by atoms with van der Waals surface area (Å²) in [4.78, 5) is 13.2. The fourth-order valence-electron chi connectivity index (χ4n) is 4.69. The van der Waals surface area contributed by atoms with E-state index in [1.807, 2.05) is 13.0 Å². The average molecular weight is 491 g/mol. The topological polar surface area (TPSA) is 68.2 Å². The zero-order chi connectivity index (χ0) is 24.6. The second-order valence-electron chi connectivity index (χ2n) is 8.62. The van der Waals surface area contributed by atoms with Gasteiger partial charge >= 0.3 is 0 Å². The van der Waals surface area contributed by atoms with Crippen LogP contribution in [0.15, 0.2) is 53.3 Å². The number of nitrogens with zero attached hydrogens (tertiary/aromatic N) is 1. The number of aromatic nitrogens is 1. The van der Waals surface area contributed by atoms with E-state index in [4.69, 9.17) is 0 Å². The Bertz CT molecular complexity index is 1380. The summed E-state index contributed by atoms with van der Waals surface area (Å²) in [5.41, 5.74) is 1.40. The Labute approximate surface area is 196 Å². The van der Waals surface area contributed by atoms with Gasteiger partial charge in [-0.3, -0.25) is 4.79 Å². The zero-order valence-corrected chi connectivity index (χ0v) is 19.6. The van der Waals surface area contributed by atoms with E-state index in [-0.39, 0.29) is 28.7 Å². The number of hydrogen-bond acceptors (Lipinski definition) is 3. The summed E-state index contributed by atoms with van der Waals surface area (Å²) in [5, 5.41) is 0. The van der Waals surface area contributed by atoms with Crippen molar-refractivity contribution in [2.24, 2.45) is 0 Å². The Kier molecular flexibility index (Phi) is 6.69. The lowest BCUT2D eigenvalue weighted by molar-refractivity contribution is 0.312. The van der Waals surface area contributed by atoms with Crippen LogP contribution in [-0.2, 0) is 29.3 Å². The van der Waals surface area contributed by atoms with Gasteiger partial charge in [-0.05, 0) is 55.0 Å². The molecule has 9 heteroatoms. The molecule has 2 atom stereocenters. The molecule has 34 heavy (non-hydrogen) atoms. The van der Waals surface area contributed by atoms with Crippen LogP contribution in [0.25, 0.3) is 11.1 Å². The monoisotopic (exact) mass is 490 g/mol. The smallest absolute Gasteiger partial charge is 0.254 e. The lowest BCUT2D eigenvalue weighted by atomic mass is 9.89. The first-order chi connectivity index (χ1) is 16.1. The standard InChI is InChI=1S/C25H25F3N2O3S/c1-3-15-7-8-20-9-10-22(29-34(2,32)33)23(30(20)25(15)31)13-16-5-4-6-21(24(16)28)17-11-18(26)14-19(27)12-17/h4-8,11-12,14,22-23,29H,3,9-10,13H2,1-2H3/t22-,23-/m0/s1. The number of rotatable bonds is 6. The molecule has 2 aromatic carbocycles. The van der Waals surface area contributed by atoms with E-state index in [1.165, 1.54) is 12.1 Å². The van der Waals surface area contributed by atoms with Gasteiger partial charge in [-0.25, -0.2) is 26.3 Å². The largest absolute Gasteiger partial charge is 0.307 e. The fourth-order valence-corrected chi connectivity index (χ4v) is 5.51. The third-order valence-corrected chi connectivity index (χ3v) is 6.95. The SMILES string of the molecule is CCc1ccc2n(c1=O)[C@@H](Cc1cccc(-c3cc(F)cc(F)c3)c1F)[C@@H](NS(C)(=O)=O)CC2. The second-order valence-corrected chi connectivity index (χ2v) is 10.4. The van der Waals surface area contributed by atoms with Crippen molar-refractivity contribution in [2.75, 3.05) is 6.26 Å². The summed E-state index contributed by atoms with van der Waals surface area (Å²) in [6, 6.07) is 9.67. The molecule has 1 aliphatic rings. The van der Waals surface area contributed by atoms with Crippen molar-refractivity contribution in [3.05, 3.63) is 93.2 Å². The molecule has 2 heterocycles. The molecule has 0 saturated carbocycles. The van der Waals surface area contributed by atoms with Crippen molar-refractivity contribution in [1.29, 1.82) is 0 Å². The lowest BCUT2D eigenvalue weighted by Gasteiger charge is -2.36. The Balaban J connectivity index is 1.82. The summed E-state index contributed by atoms with van der Waals surface area (Å²) in [5.74, 6) is -2.31. The highest BCUT2D eigenvalue weighted by atomic mass is 32.2. The summed E-state index contributed by atoms with van der Waals surface area (Å²) in [7, 11) is -3.59. The Morgan fingerprint density at radius 2 is 1.74 bits per heavy atom. The van der Waals surface area contributed by atoms with Crippen molar-refractivity contribution in [3.63, 3.8) is 0 Å². The molecular formula is C25H25F3N2O3S. The minimum absolute atomic E-state index is 0.0186. The predicted molar refractivity (Wildman–Crippen MR) is 125 cm³/mol. The van der Waals surface area contributed by atoms with Crippen LogP contribution in [0.3, 0.4) is 0 Å². The number of pyridine rings is 1. The van der Waals surface area contributed by atoms with Crippen LogP contribution in [0.4, 0.5) is 13.2 Å². The molecule has 4 rings (SSSR count). The highest BCUT2D eigenvalue weighted by Crippen LogP contribution is 2.32. The van der Waals surface area contributed by atoms with Crippen LogP contribution in [0, 0.1) is 17.5 Å². The molecule has 5 nitrogen and oxygen atoms in total. The molecule has 0 fully saturated rings. The number of aryl methyl sites for hydroxylation is 2. The number of sulfonamides is 1. The van der Waals surface area contributed by atoms with E-state index < -0.39 is 39.6 Å². The van der Waals surface area contributed by atoms with Gasteiger partial charge < -0.3 is 4.57 Å². The highest BCUT2D eigenvalue weighted by molar-refractivity contribution is 7.88. The maximum absolute atomic E-state index is 15.6. The van der Waals surface area contributed by atoms with Crippen molar-refractivity contribution in [2.45, 2.75) is 44.7 Å². The number of nitrogens with one attached hydrogen (secondary N) is 1. The summed E-state index contributed by atoms with van der Waals surface area (Å²) < 4.78 is 71.3. The Morgan fingerprint density at radius 1 is 1.03 bits per heavy atom. The van der Waals surface area contributed by atoms with Gasteiger partial charge in [0.25, 0.3) is 5.56 Å². The first kappa shape index (κ1) is 24.2. The molecule has 1 N–H and O–H groups in total. The molecule has 0 unspecified atom stereocenters. The van der Waals surface area contributed by atoms with Gasteiger partial charge in [0.1, 0.15) is 17.5 Å². The van der Waals surface area contributed by atoms with Crippen molar-refractivity contribution in [3.8, 4) is 11.1 Å². The lowest BCUT2D eigenvalue weighted by Crippen LogP contribution is -2.48. The van der Waals surface area contributed by atoms with E-state index in [0.29, 0.717) is 30.9 Å². The Morgan fingerprint density at radius 3 is 2.38 bits per heavy atom. The molecule has 180 valence electrons. The van der Waals surface area contributed by atoms with Crippen molar-refractivity contribution < 1.29 is 21.6 Å². The molecule has 1 aliphatic heterocycles. The summed E-state index contributed by atoms with van der Waals surface area (Å²) >= 11 is 0. The minimum Gasteiger partial charge on any atom is -0.307 e. The highest BCUT2D eigenvalue weighted by Gasteiger charge is 2.33. The quantitative estimate of drug-likeness (QED) is 0.565. The molecule has 0 radical (unpaired) electrons. The van der Waals surface area contributed by atoms with Crippen LogP contribution >= 0.6 is 0 Å². The maximum atomic E-state index is 15.6. The van der Waals surface area contributed by atoms with Crippen molar-refractivity contribution >= 4 is 10.0 Å². The fraction of sp³-hybridized carbons (Fsp3) is 0.320. The van der Waals surface area contributed by atoms with E-state index in [1.54, 1.807) is 16.7 Å². The maximum Gasteiger partial charge on any atom is 0.254 e. The van der Waals surface area contributed by atoms with Crippen LogP contribution in [0.5, 0.6) is 0 Å². The third kappa shape index (κ3) is 4.95. The van der Waals surface area contributed by atoms with E-state index in [2.05, 4.69) is 4.72 Å². The number of hydrogen-bond donors (Lipinski definition) is 1. The van der Waals surface area contributed by atoms with Gasteiger partial charge in [0.2, 0.25) is 10.0 Å². The Hall–Kier alpha value is -2.91. The minimum atomic E-state index is -3.59. The van der Waals surface area contributed by atoms with Gasteiger partial charge in [-0.2, -0.15) is 0 Å². The molecule has 0 spiro atoms. The zero-order valence-electron chi connectivity index (χ0n) is 18.8. The van der Waals surface area contributed by atoms with Crippen LogP contribution in [-0.4, -0.2) is 25.3 Å². The van der Waals surface area contributed by atoms with Gasteiger partial charge in [0.15, 0.2) is 0 Å². The first-order valence-corrected chi connectivity index (χ1v) is 12.9. The van der Waals surface area contributed by atoms with E-state index >= 15 is 4.39 Å². The van der Waals surface area contributed by atoms with Crippen LogP contribution < -0.4 is 10.3 Å². The van der Waals surface area contributed by atoms with Gasteiger partial charge in [-0.15, -0.1) is 0 Å². The number of halogens is 3. The van der Waals surface area contributed by atoms with Crippen LogP contribution in [0.1, 0.15) is 36.2 Å². The molecule has 0 aliphatic carbocycles. The van der Waals surface area contributed by atoms with Gasteiger partial charge in [0.05, 0.1) is 12.3 Å². The summed E-state index contributed by atoms with van der Waals surface area (Å²) in [6.45, 7) is 1.86. The number of benzene rings is 2.